The van der Waals surface area contributed by atoms with Gasteiger partial charge in [-0.3, -0.25) is 4.79 Å². The third-order valence-corrected chi connectivity index (χ3v) is 15.9. The summed E-state index contributed by atoms with van der Waals surface area (Å²) in [5, 5.41) is 33.8. The van der Waals surface area contributed by atoms with Gasteiger partial charge in [0.15, 0.2) is 19.7 Å². The van der Waals surface area contributed by atoms with Gasteiger partial charge in [0, 0.05) is 44.2 Å². The summed E-state index contributed by atoms with van der Waals surface area (Å²) in [6.45, 7) is 19.1. The molecule has 2 amide bonds. The number of aliphatic hydroxyl groups is 2. The summed E-state index contributed by atoms with van der Waals surface area (Å²) in [5.74, 6) is -3.43. The Morgan fingerprint density at radius 3 is 1.28 bits per heavy atom. The van der Waals surface area contributed by atoms with E-state index in [2.05, 4.69) is 62.8 Å². The molecule has 2 aliphatic rings. The van der Waals surface area contributed by atoms with Gasteiger partial charge in [-0.15, -0.1) is 0 Å². The number of halogens is 4. The number of aliphatic hydroxyl groups excluding tert-OH is 2. The van der Waals surface area contributed by atoms with Crippen LogP contribution in [-0.2, 0) is 54.9 Å². The predicted molar refractivity (Wildman–Crippen MR) is 277 cm³/mol. The number of alkyl carbamates (subject to hydrolysis) is 1. The second-order valence-electron chi connectivity index (χ2n) is 23.0. The van der Waals surface area contributed by atoms with Crippen molar-refractivity contribution >= 4 is 31.7 Å². The van der Waals surface area contributed by atoms with E-state index >= 15 is 0 Å². The lowest BCUT2D eigenvalue weighted by Crippen LogP contribution is -2.50. The van der Waals surface area contributed by atoms with E-state index in [4.69, 9.17) is 4.74 Å². The Bertz CT molecular complexity index is 2810. The molecule has 0 aliphatic carbocycles. The fraction of sp³-hybridized carbons (Fsp3) is 0.527. The molecule has 6 unspecified atom stereocenters. The SMILES string of the molecule is CC(=O)NC(Cc1cc(F)cc(F)c1)C(O)CNC1CCS(=O)(=O)c2ccc(CC(C)(C)C)cc21.CC(C)(C)Cc1ccc2c(c1)C(NCC(O)C(Cc1cc(F)cc(F)c1)NC(=O)OC(C)(C)C)CCS2(=O)=O. The number of hydrogen-bond donors (Lipinski definition) is 6. The Kier molecular flexibility index (Phi) is 19.8. The normalized spacial score (nSPS) is 18.8. The van der Waals surface area contributed by atoms with Crippen LogP contribution in [0.15, 0.2) is 82.6 Å². The zero-order valence-corrected chi connectivity index (χ0v) is 45.7. The van der Waals surface area contributed by atoms with E-state index in [-0.39, 0.29) is 76.7 Å². The van der Waals surface area contributed by atoms with E-state index in [9.17, 15) is 54.2 Å². The van der Waals surface area contributed by atoms with Gasteiger partial charge in [-0.2, -0.15) is 0 Å². The standard InChI is InChI=1S/C29H40F2N2O5S.C26H34F2N2O4S/c1-28(2,3)16-18-7-8-26-22(13-18)23(9-10-39(26,36)37)32-17-25(34)24(33-27(35)38-29(4,5)6)14-19-11-20(30)15-21(31)12-19;1-16(31)30-23(12-18-9-19(27)13-20(28)10-18)24(32)15-29-22-7-8-35(33,34)25-6-5-17(11-21(22)25)14-26(2,3)4/h7-8,11-13,15,23-25,32,34H,9-10,14,16-17H2,1-6H3,(H,33,35);5-6,9-11,13,22-24,29,32H,7-8,12,14-15H2,1-4H3,(H,30,31). The molecule has 2 heterocycles. The highest BCUT2D eigenvalue weighted by Crippen LogP contribution is 2.36. The van der Waals surface area contributed by atoms with Crippen molar-refractivity contribution in [1.82, 2.24) is 21.3 Å². The molecule has 0 bridgehead atoms. The lowest BCUT2D eigenvalue weighted by molar-refractivity contribution is -0.120. The molecule has 2 aliphatic heterocycles. The average Bonchev–Trinajstić information content (AvgIpc) is 3.22. The molecular weight excluding hydrogens is 1000 g/mol. The number of rotatable bonds is 16. The quantitative estimate of drug-likeness (QED) is 0.0590. The van der Waals surface area contributed by atoms with Crippen molar-refractivity contribution in [2.45, 2.75) is 160 Å². The van der Waals surface area contributed by atoms with Crippen LogP contribution in [0.5, 0.6) is 0 Å². The average molecular weight is 1080 g/mol. The Labute approximate surface area is 434 Å². The van der Waals surface area contributed by atoms with Crippen molar-refractivity contribution in [1.29, 1.82) is 0 Å². The second-order valence-corrected chi connectivity index (χ2v) is 27.2. The summed E-state index contributed by atoms with van der Waals surface area (Å²) >= 11 is 0. The van der Waals surface area contributed by atoms with E-state index in [0.29, 0.717) is 34.4 Å². The van der Waals surface area contributed by atoms with Gasteiger partial charge in [0.2, 0.25) is 5.91 Å². The van der Waals surface area contributed by atoms with E-state index in [0.717, 1.165) is 60.4 Å². The van der Waals surface area contributed by atoms with Crippen molar-refractivity contribution < 1.29 is 58.9 Å². The molecule has 0 saturated heterocycles. The molecule has 0 spiro atoms. The lowest BCUT2D eigenvalue weighted by Gasteiger charge is -2.31. The van der Waals surface area contributed by atoms with Crippen LogP contribution in [0.1, 0.15) is 128 Å². The first-order valence-electron chi connectivity index (χ1n) is 24.9. The number of amides is 2. The lowest BCUT2D eigenvalue weighted by atomic mass is 9.87. The van der Waals surface area contributed by atoms with Crippen molar-refractivity contribution in [3.05, 3.63) is 129 Å². The van der Waals surface area contributed by atoms with Gasteiger partial charge in [0.1, 0.15) is 28.9 Å². The fourth-order valence-corrected chi connectivity index (χ4v) is 12.5. The van der Waals surface area contributed by atoms with Gasteiger partial charge in [-0.05, 0) is 140 Å². The largest absolute Gasteiger partial charge is 0.444 e. The van der Waals surface area contributed by atoms with Gasteiger partial charge in [-0.25, -0.2) is 39.2 Å². The van der Waals surface area contributed by atoms with Crippen LogP contribution in [0.4, 0.5) is 22.4 Å². The topological polar surface area (TPSA) is 200 Å². The highest BCUT2D eigenvalue weighted by molar-refractivity contribution is 7.91. The summed E-state index contributed by atoms with van der Waals surface area (Å²) in [7, 11) is -6.81. The summed E-state index contributed by atoms with van der Waals surface area (Å²) < 4.78 is 111. The highest BCUT2D eigenvalue weighted by Gasteiger charge is 2.34. The molecule has 0 radical (unpaired) electrons. The van der Waals surface area contributed by atoms with Crippen LogP contribution >= 0.6 is 0 Å². The third-order valence-electron chi connectivity index (χ3n) is 12.3. The maximum absolute atomic E-state index is 13.8. The summed E-state index contributed by atoms with van der Waals surface area (Å²) in [6, 6.07) is 14.6. The van der Waals surface area contributed by atoms with E-state index in [1.165, 1.54) is 6.92 Å². The number of nitrogens with one attached hydrogen (secondary N) is 4. The van der Waals surface area contributed by atoms with Gasteiger partial charge in [0.25, 0.3) is 0 Å². The van der Waals surface area contributed by atoms with Crippen LogP contribution in [0, 0.1) is 34.1 Å². The molecule has 6 atom stereocenters. The Morgan fingerprint density at radius 2 is 0.946 bits per heavy atom. The molecule has 4 aromatic rings. The number of benzene rings is 4. The predicted octanol–water partition coefficient (Wildman–Crippen LogP) is 8.33. The molecule has 19 heteroatoms. The van der Waals surface area contributed by atoms with Crippen LogP contribution in [-0.4, -0.2) is 93.5 Å². The van der Waals surface area contributed by atoms with Crippen LogP contribution in [0.3, 0.4) is 0 Å². The number of carbonyl (C=O) groups is 2. The molecule has 408 valence electrons. The van der Waals surface area contributed by atoms with Crippen molar-refractivity contribution in [2.24, 2.45) is 10.8 Å². The molecular formula is C55H74F4N4O9S2. The zero-order valence-electron chi connectivity index (χ0n) is 44.0. The molecule has 0 fully saturated rings. The van der Waals surface area contributed by atoms with Crippen LogP contribution < -0.4 is 21.3 Å². The third kappa shape index (κ3) is 18.4. The molecule has 13 nitrogen and oxygen atoms in total. The van der Waals surface area contributed by atoms with Crippen LogP contribution in [0.25, 0.3) is 0 Å². The molecule has 0 saturated carbocycles. The molecule has 74 heavy (non-hydrogen) atoms. The maximum atomic E-state index is 13.8. The minimum Gasteiger partial charge on any atom is -0.444 e. The highest BCUT2D eigenvalue weighted by atomic mass is 32.2. The zero-order chi connectivity index (χ0) is 55.1. The number of carbonyl (C=O) groups excluding carboxylic acids is 2. The number of fused-ring (bicyclic) bond motifs is 2. The van der Waals surface area contributed by atoms with Gasteiger partial charge >= 0.3 is 6.09 Å². The first-order chi connectivity index (χ1) is 34.1. The van der Waals surface area contributed by atoms with E-state index < -0.39 is 78.9 Å². The van der Waals surface area contributed by atoms with Crippen LogP contribution in [0.2, 0.25) is 0 Å². The van der Waals surface area contributed by atoms with Crippen molar-refractivity contribution in [3.8, 4) is 0 Å². The number of hydrogen-bond acceptors (Lipinski definition) is 11. The molecule has 6 N–H and O–H groups in total. The Balaban J connectivity index is 0.000000276. The van der Waals surface area contributed by atoms with Crippen molar-refractivity contribution in [2.75, 3.05) is 24.6 Å². The molecule has 0 aromatic heterocycles. The van der Waals surface area contributed by atoms with E-state index in [1.54, 1.807) is 32.9 Å². The van der Waals surface area contributed by atoms with Gasteiger partial charge < -0.3 is 36.2 Å². The summed E-state index contributed by atoms with van der Waals surface area (Å²) in [4.78, 5) is 24.8. The summed E-state index contributed by atoms with van der Waals surface area (Å²) in [5.41, 5.74) is 3.20. The van der Waals surface area contributed by atoms with E-state index in [1.807, 2.05) is 24.3 Å². The second kappa shape index (κ2) is 24.4. The fourth-order valence-electron chi connectivity index (χ4n) is 9.32. The molecule has 6 rings (SSSR count). The first-order valence-corrected chi connectivity index (χ1v) is 28.2. The van der Waals surface area contributed by atoms with Gasteiger partial charge in [0.05, 0.1) is 45.6 Å². The van der Waals surface area contributed by atoms with Crippen molar-refractivity contribution in [3.63, 3.8) is 0 Å². The monoisotopic (exact) mass is 1070 g/mol. The first kappa shape index (κ1) is 60.0. The summed E-state index contributed by atoms with van der Waals surface area (Å²) in [6.07, 6.45) is -0.837. The Morgan fingerprint density at radius 1 is 0.581 bits per heavy atom. The Hall–Kier alpha value is -4.92. The van der Waals surface area contributed by atoms with Gasteiger partial charge in [-0.1, -0.05) is 65.8 Å². The number of sulfone groups is 2. The molecule has 4 aromatic carbocycles. The minimum absolute atomic E-state index is 0.00802. The smallest absolute Gasteiger partial charge is 0.407 e. The maximum Gasteiger partial charge on any atom is 0.407 e. The number of ether oxygens (including phenoxy) is 1. The minimum atomic E-state index is -3.42.